The van der Waals surface area contributed by atoms with Crippen LogP contribution in [-0.4, -0.2) is 22.1 Å². The third kappa shape index (κ3) is 2.48. The molecule has 0 aliphatic heterocycles. The Morgan fingerprint density at radius 3 is 2.95 bits per heavy atom. The van der Waals surface area contributed by atoms with Gasteiger partial charge in [-0.05, 0) is 64.8 Å². The number of hydrogen-bond donors (Lipinski definition) is 1. The van der Waals surface area contributed by atoms with Crippen LogP contribution in [0.5, 0.6) is 0 Å². The lowest BCUT2D eigenvalue weighted by Gasteiger charge is -2.28. The van der Waals surface area contributed by atoms with Crippen LogP contribution in [0.15, 0.2) is 0 Å². The van der Waals surface area contributed by atoms with E-state index >= 15 is 0 Å². The normalized spacial score (nSPS) is 28.3. The van der Waals surface area contributed by atoms with Gasteiger partial charge in [0, 0.05) is 12.2 Å². The minimum atomic E-state index is -0.297. The van der Waals surface area contributed by atoms with Crippen molar-refractivity contribution in [2.75, 3.05) is 7.05 Å². The third-order valence-electron chi connectivity index (χ3n) is 5.59. The molecule has 0 amide bonds. The van der Waals surface area contributed by atoms with E-state index in [2.05, 4.69) is 22.9 Å². The summed E-state index contributed by atoms with van der Waals surface area (Å²) in [6, 6.07) is 2.55. The van der Waals surface area contributed by atoms with E-state index < -0.39 is 0 Å². The van der Waals surface area contributed by atoms with Crippen molar-refractivity contribution < 1.29 is 0 Å². The first-order valence-corrected chi connectivity index (χ1v) is 8.35. The number of nitriles is 1. The summed E-state index contributed by atoms with van der Waals surface area (Å²) in [5.41, 5.74) is 2.49. The molecular formula is C17H26N4. The number of hydrogen-bond acceptors (Lipinski definition) is 3. The van der Waals surface area contributed by atoms with Crippen LogP contribution in [0, 0.1) is 24.2 Å². The zero-order valence-electron chi connectivity index (χ0n) is 13.3. The highest BCUT2D eigenvalue weighted by atomic mass is 15.1. The smallest absolute Gasteiger partial charge is 0.109 e. The van der Waals surface area contributed by atoms with Gasteiger partial charge in [-0.1, -0.05) is 6.42 Å². The van der Waals surface area contributed by atoms with Crippen LogP contribution in [0.1, 0.15) is 55.7 Å². The standard InChI is InChI=1S/C17H26N4/c1-13-20-15-7-3-4-8-16(15)21(13)11-9-14-6-5-10-17(14,12-18)19-2/h14,19H,3-11H2,1-2H3. The van der Waals surface area contributed by atoms with E-state index in [1.807, 2.05) is 7.05 Å². The maximum absolute atomic E-state index is 9.56. The van der Waals surface area contributed by atoms with Crippen molar-refractivity contribution in [3.05, 3.63) is 17.2 Å². The number of aromatic nitrogens is 2. The van der Waals surface area contributed by atoms with E-state index in [1.54, 1.807) is 0 Å². The largest absolute Gasteiger partial charge is 0.332 e. The highest BCUT2D eigenvalue weighted by Gasteiger charge is 2.41. The first-order valence-electron chi connectivity index (χ1n) is 8.35. The molecule has 0 aromatic carbocycles. The van der Waals surface area contributed by atoms with Gasteiger partial charge in [0.2, 0.25) is 0 Å². The van der Waals surface area contributed by atoms with Crippen molar-refractivity contribution in [1.82, 2.24) is 14.9 Å². The van der Waals surface area contributed by atoms with Crippen molar-refractivity contribution in [1.29, 1.82) is 5.26 Å². The van der Waals surface area contributed by atoms with Crippen LogP contribution in [-0.2, 0) is 19.4 Å². The van der Waals surface area contributed by atoms with Crippen molar-refractivity contribution in [3.63, 3.8) is 0 Å². The van der Waals surface area contributed by atoms with Crippen LogP contribution in [0.3, 0.4) is 0 Å². The average Bonchev–Trinajstić information content (AvgIpc) is 3.05. The molecule has 2 unspecified atom stereocenters. The van der Waals surface area contributed by atoms with E-state index in [-0.39, 0.29) is 5.54 Å². The Hall–Kier alpha value is -1.34. The predicted octanol–water partition coefficient (Wildman–Crippen LogP) is 2.74. The maximum atomic E-state index is 9.56. The molecule has 21 heavy (non-hydrogen) atoms. The summed E-state index contributed by atoms with van der Waals surface area (Å²) >= 11 is 0. The Bertz CT molecular complexity index is 554. The molecule has 0 bridgehead atoms. The molecule has 1 aromatic heterocycles. The Kier molecular flexibility index (Phi) is 4.03. The Labute approximate surface area is 127 Å². The van der Waals surface area contributed by atoms with Gasteiger partial charge in [0.05, 0.1) is 11.8 Å². The Morgan fingerprint density at radius 1 is 1.38 bits per heavy atom. The summed E-state index contributed by atoms with van der Waals surface area (Å²) in [5.74, 6) is 1.63. The summed E-state index contributed by atoms with van der Waals surface area (Å²) in [4.78, 5) is 4.76. The summed E-state index contributed by atoms with van der Waals surface area (Å²) in [5, 5.41) is 12.9. The lowest BCUT2D eigenvalue weighted by atomic mass is 9.86. The van der Waals surface area contributed by atoms with E-state index in [0.717, 1.165) is 31.6 Å². The van der Waals surface area contributed by atoms with Gasteiger partial charge in [-0.15, -0.1) is 0 Å². The molecule has 2 aliphatic carbocycles. The first-order chi connectivity index (χ1) is 10.2. The molecule has 1 aromatic rings. The van der Waals surface area contributed by atoms with Gasteiger partial charge >= 0.3 is 0 Å². The summed E-state index contributed by atoms with van der Waals surface area (Å²) in [6.45, 7) is 3.15. The van der Waals surface area contributed by atoms with Gasteiger partial charge in [0.15, 0.2) is 0 Å². The van der Waals surface area contributed by atoms with Crippen LogP contribution < -0.4 is 5.32 Å². The van der Waals surface area contributed by atoms with Crippen LogP contribution in [0.4, 0.5) is 0 Å². The molecular weight excluding hydrogens is 260 g/mol. The van der Waals surface area contributed by atoms with Crippen LogP contribution >= 0.6 is 0 Å². The minimum Gasteiger partial charge on any atom is -0.332 e. The number of imidazole rings is 1. The quantitative estimate of drug-likeness (QED) is 0.926. The molecule has 1 saturated carbocycles. The van der Waals surface area contributed by atoms with Gasteiger partial charge < -0.3 is 9.88 Å². The van der Waals surface area contributed by atoms with Crippen LogP contribution in [0.2, 0.25) is 0 Å². The van der Waals surface area contributed by atoms with E-state index in [4.69, 9.17) is 4.98 Å². The molecule has 4 heteroatoms. The lowest BCUT2D eigenvalue weighted by Crippen LogP contribution is -2.45. The fourth-order valence-electron chi connectivity index (χ4n) is 4.32. The van der Waals surface area contributed by atoms with Crippen molar-refractivity contribution in [2.45, 2.75) is 70.4 Å². The molecule has 0 radical (unpaired) electrons. The van der Waals surface area contributed by atoms with Gasteiger partial charge in [-0.2, -0.15) is 5.26 Å². The molecule has 0 spiro atoms. The van der Waals surface area contributed by atoms with E-state index in [1.165, 1.54) is 43.5 Å². The van der Waals surface area contributed by atoms with Gasteiger partial charge in [-0.25, -0.2) is 4.98 Å². The highest BCUT2D eigenvalue weighted by molar-refractivity contribution is 5.20. The van der Waals surface area contributed by atoms with E-state index in [9.17, 15) is 5.26 Å². The molecule has 2 atom stereocenters. The second-order valence-electron chi connectivity index (χ2n) is 6.62. The molecule has 114 valence electrons. The fraction of sp³-hybridized carbons (Fsp3) is 0.765. The topological polar surface area (TPSA) is 53.6 Å². The molecule has 1 heterocycles. The van der Waals surface area contributed by atoms with Gasteiger partial charge in [0.25, 0.3) is 0 Å². The molecule has 3 rings (SSSR count). The molecule has 4 nitrogen and oxygen atoms in total. The monoisotopic (exact) mass is 286 g/mol. The molecule has 1 fully saturated rings. The maximum Gasteiger partial charge on any atom is 0.109 e. The van der Waals surface area contributed by atoms with Gasteiger partial charge in [0.1, 0.15) is 11.4 Å². The van der Waals surface area contributed by atoms with E-state index in [0.29, 0.717) is 5.92 Å². The zero-order chi connectivity index (χ0) is 14.9. The second kappa shape index (κ2) is 5.81. The Balaban J connectivity index is 1.74. The zero-order valence-corrected chi connectivity index (χ0v) is 13.3. The van der Waals surface area contributed by atoms with Crippen molar-refractivity contribution in [3.8, 4) is 6.07 Å². The minimum absolute atomic E-state index is 0.297. The first kappa shape index (κ1) is 14.6. The average molecular weight is 286 g/mol. The fourth-order valence-corrected chi connectivity index (χ4v) is 4.32. The summed E-state index contributed by atoms with van der Waals surface area (Å²) in [6.07, 6.45) is 9.30. The molecule has 1 N–H and O–H groups in total. The lowest BCUT2D eigenvalue weighted by molar-refractivity contribution is 0.305. The highest BCUT2D eigenvalue weighted by Crippen LogP contribution is 2.38. The number of rotatable bonds is 4. The van der Waals surface area contributed by atoms with Crippen molar-refractivity contribution >= 4 is 0 Å². The summed E-state index contributed by atoms with van der Waals surface area (Å²) < 4.78 is 2.42. The van der Waals surface area contributed by atoms with Crippen LogP contribution in [0.25, 0.3) is 0 Å². The Morgan fingerprint density at radius 2 is 2.19 bits per heavy atom. The predicted molar refractivity (Wildman–Crippen MR) is 83.0 cm³/mol. The molecule has 0 saturated heterocycles. The number of aryl methyl sites for hydroxylation is 2. The number of nitrogens with zero attached hydrogens (tertiary/aromatic N) is 3. The van der Waals surface area contributed by atoms with Crippen molar-refractivity contribution in [2.24, 2.45) is 5.92 Å². The van der Waals surface area contributed by atoms with Gasteiger partial charge in [-0.3, -0.25) is 0 Å². The summed E-state index contributed by atoms with van der Waals surface area (Å²) in [7, 11) is 1.94. The SMILES string of the molecule is CNC1(C#N)CCCC1CCn1c(C)nc2c1CCCC2. The number of fused-ring (bicyclic) bond motifs is 1. The molecule has 2 aliphatic rings. The second-order valence-corrected chi connectivity index (χ2v) is 6.62. The third-order valence-corrected chi connectivity index (χ3v) is 5.59. The number of nitrogens with one attached hydrogen (secondary N) is 1.